The van der Waals surface area contributed by atoms with Gasteiger partial charge in [0.1, 0.15) is 5.75 Å². The molecule has 0 aromatic carbocycles. The maximum Gasteiger partial charge on any atom is 0.215 e. The molecule has 0 aliphatic carbocycles. The summed E-state index contributed by atoms with van der Waals surface area (Å²) < 4.78 is 11.8. The molecule has 0 N–H and O–H groups in total. The molecule has 0 saturated carbocycles. The summed E-state index contributed by atoms with van der Waals surface area (Å²) >= 11 is 0. The summed E-state index contributed by atoms with van der Waals surface area (Å²) in [7, 11) is 0. The van der Waals surface area contributed by atoms with E-state index in [0.717, 1.165) is 42.8 Å². The van der Waals surface area contributed by atoms with Gasteiger partial charge >= 0.3 is 0 Å². The average Bonchev–Trinajstić information content (AvgIpc) is 2.90. The van der Waals surface area contributed by atoms with E-state index in [0.29, 0.717) is 5.88 Å². The largest absolute Gasteiger partial charge is 0.492 e. The number of fused-ring (bicyclic) bond motifs is 1. The Bertz CT molecular complexity index is 715. The van der Waals surface area contributed by atoms with Crippen LogP contribution in [0.4, 0.5) is 0 Å². The molecule has 4 nitrogen and oxygen atoms in total. The minimum atomic E-state index is 0.671. The monoisotopic (exact) mass is 498 g/mol. The first kappa shape index (κ1) is 30.4. The Morgan fingerprint density at radius 1 is 0.556 bits per heavy atom. The Morgan fingerprint density at radius 2 is 1.03 bits per heavy atom. The van der Waals surface area contributed by atoms with Gasteiger partial charge in [-0.3, -0.25) is 0 Å². The molecule has 2 heterocycles. The van der Waals surface area contributed by atoms with Gasteiger partial charge in [-0.25, -0.2) is 4.98 Å². The zero-order valence-corrected chi connectivity index (χ0v) is 23.6. The molecular weight excluding hydrogens is 444 g/mol. The van der Waals surface area contributed by atoms with Gasteiger partial charge in [-0.15, -0.1) is 0 Å². The van der Waals surface area contributed by atoms with Crippen LogP contribution in [0.3, 0.4) is 0 Å². The molecule has 0 fully saturated rings. The topological polar surface area (TPSA) is 44.2 Å². The molecule has 0 radical (unpaired) electrons. The summed E-state index contributed by atoms with van der Waals surface area (Å²) in [5, 5.41) is 1.00. The molecule has 2 rings (SSSR count). The number of pyridine rings is 2. The minimum Gasteiger partial charge on any atom is -0.492 e. The lowest BCUT2D eigenvalue weighted by atomic mass is 10.1. The second kappa shape index (κ2) is 21.3. The summed E-state index contributed by atoms with van der Waals surface area (Å²) in [5.41, 5.74) is 0.724. The number of nitrogens with zero attached hydrogens (tertiary/aromatic N) is 2. The number of hydrogen-bond donors (Lipinski definition) is 0. The van der Waals surface area contributed by atoms with Crippen LogP contribution in [0.25, 0.3) is 11.0 Å². The van der Waals surface area contributed by atoms with Crippen molar-refractivity contribution in [1.29, 1.82) is 0 Å². The number of aromatic nitrogens is 2. The predicted molar refractivity (Wildman–Crippen MR) is 154 cm³/mol. The van der Waals surface area contributed by atoms with Crippen LogP contribution in [0.1, 0.15) is 142 Å². The Balaban J connectivity index is 1.51. The Morgan fingerprint density at radius 3 is 1.56 bits per heavy atom. The van der Waals surface area contributed by atoms with Gasteiger partial charge in [0.05, 0.1) is 19.4 Å². The summed E-state index contributed by atoms with van der Waals surface area (Å²) in [5.74, 6) is 1.50. The van der Waals surface area contributed by atoms with Crippen LogP contribution >= 0.6 is 0 Å². The van der Waals surface area contributed by atoms with Gasteiger partial charge in [0.25, 0.3) is 0 Å². The van der Waals surface area contributed by atoms with Crippen molar-refractivity contribution in [2.24, 2.45) is 0 Å². The van der Waals surface area contributed by atoms with Crippen LogP contribution in [-0.4, -0.2) is 23.2 Å². The van der Waals surface area contributed by atoms with Gasteiger partial charge in [-0.2, -0.15) is 4.98 Å². The fourth-order valence-corrected chi connectivity index (χ4v) is 4.68. The maximum atomic E-state index is 5.94. The summed E-state index contributed by atoms with van der Waals surface area (Å²) in [6, 6.07) is 6.03. The van der Waals surface area contributed by atoms with Crippen molar-refractivity contribution < 1.29 is 9.47 Å². The van der Waals surface area contributed by atoms with Crippen molar-refractivity contribution in [3.63, 3.8) is 0 Å². The molecule has 0 spiro atoms. The van der Waals surface area contributed by atoms with E-state index in [-0.39, 0.29) is 0 Å². The molecule has 0 aliphatic heterocycles. The van der Waals surface area contributed by atoms with Crippen molar-refractivity contribution in [2.75, 3.05) is 13.2 Å². The van der Waals surface area contributed by atoms with Crippen molar-refractivity contribution in [3.05, 3.63) is 24.4 Å². The van der Waals surface area contributed by atoms with Crippen molar-refractivity contribution in [3.8, 4) is 11.6 Å². The molecule has 204 valence electrons. The lowest BCUT2D eigenvalue weighted by Crippen LogP contribution is -2.00. The number of hydrogen-bond acceptors (Lipinski definition) is 4. The van der Waals surface area contributed by atoms with Crippen LogP contribution in [0, 0.1) is 0 Å². The van der Waals surface area contributed by atoms with E-state index >= 15 is 0 Å². The quantitative estimate of drug-likeness (QED) is 0.135. The first-order chi connectivity index (χ1) is 17.8. The van der Waals surface area contributed by atoms with Crippen molar-refractivity contribution in [1.82, 2.24) is 9.97 Å². The zero-order valence-electron chi connectivity index (χ0n) is 23.6. The van der Waals surface area contributed by atoms with Crippen molar-refractivity contribution >= 4 is 11.0 Å². The van der Waals surface area contributed by atoms with Gasteiger partial charge in [0.2, 0.25) is 5.88 Å². The molecule has 2 aromatic rings. The molecule has 0 bridgehead atoms. The highest BCUT2D eigenvalue weighted by molar-refractivity contribution is 5.76. The normalized spacial score (nSPS) is 11.3. The Kier molecular flexibility index (Phi) is 17.9. The van der Waals surface area contributed by atoms with E-state index in [2.05, 4.69) is 23.8 Å². The third-order valence-corrected chi connectivity index (χ3v) is 7.01. The van der Waals surface area contributed by atoms with E-state index in [1.165, 1.54) is 116 Å². The van der Waals surface area contributed by atoms with Crippen molar-refractivity contribution in [2.45, 2.75) is 142 Å². The zero-order chi connectivity index (χ0) is 25.5. The molecule has 0 amide bonds. The van der Waals surface area contributed by atoms with Gasteiger partial charge in [-0.1, -0.05) is 129 Å². The molecule has 2 aromatic heterocycles. The predicted octanol–water partition coefficient (Wildman–Crippen LogP) is 10.2. The summed E-state index contributed by atoms with van der Waals surface area (Å²) in [6.45, 7) is 6.04. The van der Waals surface area contributed by atoms with Gasteiger partial charge < -0.3 is 9.47 Å². The summed E-state index contributed by atoms with van der Waals surface area (Å²) in [4.78, 5) is 9.07. The number of rotatable bonds is 24. The van der Waals surface area contributed by atoms with E-state index in [1.54, 1.807) is 6.20 Å². The van der Waals surface area contributed by atoms with E-state index in [4.69, 9.17) is 9.47 Å². The second-order valence-electron chi connectivity index (χ2n) is 10.4. The smallest absolute Gasteiger partial charge is 0.215 e. The number of ether oxygens (including phenoxy) is 2. The highest BCUT2D eigenvalue weighted by atomic mass is 16.5. The van der Waals surface area contributed by atoms with Crippen LogP contribution in [0.2, 0.25) is 0 Å². The Hall–Kier alpha value is -1.84. The van der Waals surface area contributed by atoms with Crippen LogP contribution < -0.4 is 9.47 Å². The molecule has 0 aliphatic rings. The first-order valence-electron chi connectivity index (χ1n) is 15.4. The van der Waals surface area contributed by atoms with Crippen LogP contribution in [0.5, 0.6) is 11.6 Å². The third kappa shape index (κ3) is 14.7. The molecule has 4 heteroatoms. The fourth-order valence-electron chi connectivity index (χ4n) is 4.68. The summed E-state index contributed by atoms with van der Waals surface area (Å²) in [6.07, 6.45) is 28.5. The molecule has 0 unspecified atom stereocenters. The standard InChI is InChI=1S/C32H54N2O2/c1-3-5-7-9-11-13-15-17-19-21-25-35-30-27-29-23-24-31(34-32(29)33-28-30)36-26-22-20-18-16-14-12-10-8-6-4-2/h23-24,27-28H,3-22,25-26H2,1-2H3. The van der Waals surface area contributed by atoms with Crippen LogP contribution in [0.15, 0.2) is 24.4 Å². The lowest BCUT2D eigenvalue weighted by molar-refractivity contribution is 0.294. The average molecular weight is 499 g/mol. The molecule has 36 heavy (non-hydrogen) atoms. The number of unbranched alkanes of at least 4 members (excludes halogenated alkanes) is 18. The maximum absolute atomic E-state index is 5.94. The van der Waals surface area contributed by atoms with E-state index in [1.807, 2.05) is 18.2 Å². The van der Waals surface area contributed by atoms with Gasteiger partial charge in [0.15, 0.2) is 5.65 Å². The third-order valence-electron chi connectivity index (χ3n) is 7.01. The highest BCUT2D eigenvalue weighted by Gasteiger charge is 2.04. The van der Waals surface area contributed by atoms with E-state index in [9.17, 15) is 0 Å². The fraction of sp³-hybridized carbons (Fsp3) is 0.750. The van der Waals surface area contributed by atoms with Gasteiger partial charge in [-0.05, 0) is 25.0 Å². The Labute approximate surface area is 222 Å². The molecule has 0 atom stereocenters. The lowest BCUT2D eigenvalue weighted by Gasteiger charge is -2.08. The first-order valence-corrected chi connectivity index (χ1v) is 15.4. The van der Waals surface area contributed by atoms with E-state index < -0.39 is 0 Å². The van der Waals surface area contributed by atoms with Crippen LogP contribution in [-0.2, 0) is 0 Å². The molecular formula is C32H54N2O2. The minimum absolute atomic E-state index is 0.671. The van der Waals surface area contributed by atoms with Gasteiger partial charge in [0, 0.05) is 11.5 Å². The SMILES string of the molecule is CCCCCCCCCCCCOc1cnc2nc(OCCCCCCCCCCCC)ccc2c1. The molecule has 0 saturated heterocycles. The highest BCUT2D eigenvalue weighted by Crippen LogP contribution is 2.21. The second-order valence-corrected chi connectivity index (χ2v) is 10.4.